The van der Waals surface area contributed by atoms with Crippen LogP contribution in [0.4, 0.5) is 10.5 Å². The summed E-state index contributed by atoms with van der Waals surface area (Å²) in [6.45, 7) is 0. The minimum Gasteiger partial charge on any atom is -0.503 e. The number of anilines is 1. The maximum Gasteiger partial charge on any atom is 0.333 e. The van der Waals surface area contributed by atoms with Gasteiger partial charge in [0.05, 0.1) is 17.3 Å². The number of amides is 3. The average molecular weight is 503 g/mol. The Labute approximate surface area is 170 Å². The van der Waals surface area contributed by atoms with E-state index in [0.29, 0.717) is 25.2 Å². The molecular formula is C17H11Br2ClN2O4. The fourth-order valence-electron chi connectivity index (χ4n) is 2.39. The SMILES string of the molecule is COc1cc(/C=C2/NC(=O)N(c3ccc(Cl)cc3)C2=O)c(Br)c(Br)c1O. The first-order valence-corrected chi connectivity index (χ1v) is 9.17. The Hall–Kier alpha value is -2.03. The van der Waals surface area contributed by atoms with Gasteiger partial charge >= 0.3 is 6.03 Å². The van der Waals surface area contributed by atoms with Crippen molar-refractivity contribution >= 4 is 67.2 Å². The molecule has 1 heterocycles. The van der Waals surface area contributed by atoms with Crippen molar-refractivity contribution in [2.24, 2.45) is 0 Å². The maximum atomic E-state index is 12.7. The van der Waals surface area contributed by atoms with Crippen molar-refractivity contribution in [2.75, 3.05) is 12.0 Å². The fourth-order valence-corrected chi connectivity index (χ4v) is 3.35. The van der Waals surface area contributed by atoms with Gasteiger partial charge in [-0.25, -0.2) is 9.69 Å². The number of rotatable bonds is 3. The number of hydrogen-bond acceptors (Lipinski definition) is 4. The van der Waals surface area contributed by atoms with Crippen molar-refractivity contribution in [3.8, 4) is 11.5 Å². The zero-order valence-corrected chi connectivity index (χ0v) is 17.1. The summed E-state index contributed by atoms with van der Waals surface area (Å²) in [5.74, 6) is -0.364. The molecule has 2 aromatic rings. The smallest absolute Gasteiger partial charge is 0.333 e. The molecule has 26 heavy (non-hydrogen) atoms. The highest BCUT2D eigenvalue weighted by Crippen LogP contribution is 2.42. The van der Waals surface area contributed by atoms with Crippen LogP contribution in [0.15, 0.2) is 45.0 Å². The van der Waals surface area contributed by atoms with Gasteiger partial charge < -0.3 is 15.2 Å². The summed E-state index contributed by atoms with van der Waals surface area (Å²) in [6.07, 6.45) is 1.49. The summed E-state index contributed by atoms with van der Waals surface area (Å²) in [5.41, 5.74) is 1.03. The largest absolute Gasteiger partial charge is 0.503 e. The van der Waals surface area contributed by atoms with Gasteiger partial charge in [-0.05, 0) is 73.8 Å². The number of phenols is 1. The number of imide groups is 1. The molecule has 1 aliphatic heterocycles. The molecular weight excluding hydrogens is 491 g/mol. The number of carbonyl (C=O) groups is 2. The number of ether oxygens (including phenoxy) is 1. The van der Waals surface area contributed by atoms with E-state index in [1.54, 1.807) is 30.3 Å². The molecule has 0 radical (unpaired) electrons. The molecule has 0 saturated carbocycles. The average Bonchev–Trinajstić information content (AvgIpc) is 2.90. The lowest BCUT2D eigenvalue weighted by molar-refractivity contribution is -0.113. The minimum atomic E-state index is -0.565. The predicted octanol–water partition coefficient (Wildman–Crippen LogP) is 4.68. The summed E-state index contributed by atoms with van der Waals surface area (Å²) in [7, 11) is 1.41. The van der Waals surface area contributed by atoms with Gasteiger partial charge in [-0.2, -0.15) is 0 Å². The number of nitrogens with one attached hydrogen (secondary N) is 1. The lowest BCUT2D eigenvalue weighted by Crippen LogP contribution is -2.30. The van der Waals surface area contributed by atoms with Gasteiger partial charge in [-0.15, -0.1) is 0 Å². The molecule has 1 fully saturated rings. The predicted molar refractivity (Wildman–Crippen MR) is 106 cm³/mol. The normalized spacial score (nSPS) is 15.5. The lowest BCUT2D eigenvalue weighted by atomic mass is 10.1. The van der Waals surface area contributed by atoms with Crippen LogP contribution in [0.25, 0.3) is 6.08 Å². The van der Waals surface area contributed by atoms with E-state index in [2.05, 4.69) is 37.2 Å². The van der Waals surface area contributed by atoms with Gasteiger partial charge in [0.1, 0.15) is 5.70 Å². The number of hydrogen-bond donors (Lipinski definition) is 2. The highest BCUT2D eigenvalue weighted by atomic mass is 79.9. The van der Waals surface area contributed by atoms with E-state index < -0.39 is 11.9 Å². The van der Waals surface area contributed by atoms with E-state index >= 15 is 0 Å². The zero-order chi connectivity index (χ0) is 19.0. The van der Waals surface area contributed by atoms with Crippen LogP contribution in [0.1, 0.15) is 5.56 Å². The monoisotopic (exact) mass is 500 g/mol. The Morgan fingerprint density at radius 2 is 1.85 bits per heavy atom. The molecule has 0 atom stereocenters. The van der Waals surface area contributed by atoms with Crippen molar-refractivity contribution in [1.82, 2.24) is 5.32 Å². The Bertz CT molecular complexity index is 945. The molecule has 3 rings (SSSR count). The number of nitrogens with zero attached hydrogens (tertiary/aromatic N) is 1. The number of halogens is 3. The molecule has 1 aliphatic rings. The highest BCUT2D eigenvalue weighted by Gasteiger charge is 2.35. The first-order valence-electron chi connectivity index (χ1n) is 7.21. The van der Waals surface area contributed by atoms with Gasteiger partial charge in [0, 0.05) is 9.50 Å². The molecule has 134 valence electrons. The van der Waals surface area contributed by atoms with Gasteiger partial charge in [-0.3, -0.25) is 4.79 Å². The fraction of sp³-hybridized carbons (Fsp3) is 0.0588. The highest BCUT2D eigenvalue weighted by molar-refractivity contribution is 9.13. The van der Waals surface area contributed by atoms with E-state index in [0.717, 1.165) is 4.90 Å². The van der Waals surface area contributed by atoms with Crippen LogP contribution in [0, 0.1) is 0 Å². The lowest BCUT2D eigenvalue weighted by Gasteiger charge is -2.11. The third kappa shape index (κ3) is 3.32. The molecule has 0 bridgehead atoms. The van der Waals surface area contributed by atoms with E-state index in [9.17, 15) is 14.7 Å². The molecule has 1 saturated heterocycles. The standard InChI is InChI=1S/C17H11Br2ClN2O4/c1-26-12-7-8(13(18)14(19)15(12)23)6-11-16(24)22(17(25)21-11)10-4-2-9(20)3-5-10/h2-7,23H,1H3,(H,21,25)/b11-6+. The number of phenolic OH excluding ortho intramolecular Hbond substituents is 1. The summed E-state index contributed by atoms with van der Waals surface area (Å²) in [5, 5.41) is 13.0. The summed E-state index contributed by atoms with van der Waals surface area (Å²) >= 11 is 12.4. The second-order valence-electron chi connectivity index (χ2n) is 5.25. The van der Waals surface area contributed by atoms with Crippen LogP contribution < -0.4 is 15.0 Å². The van der Waals surface area contributed by atoms with E-state index in [4.69, 9.17) is 16.3 Å². The van der Waals surface area contributed by atoms with Crippen molar-refractivity contribution in [1.29, 1.82) is 0 Å². The molecule has 9 heteroatoms. The third-order valence-electron chi connectivity index (χ3n) is 3.66. The zero-order valence-electron chi connectivity index (χ0n) is 13.2. The topological polar surface area (TPSA) is 78.9 Å². The number of methoxy groups -OCH3 is 1. The molecule has 2 N–H and O–H groups in total. The number of urea groups is 1. The van der Waals surface area contributed by atoms with Crippen molar-refractivity contribution in [3.63, 3.8) is 0 Å². The van der Waals surface area contributed by atoms with Crippen molar-refractivity contribution < 1.29 is 19.4 Å². The van der Waals surface area contributed by atoms with Gasteiger partial charge in [0.2, 0.25) is 0 Å². The Kier molecular flexibility index (Phi) is 5.27. The van der Waals surface area contributed by atoms with Crippen LogP contribution in [0.3, 0.4) is 0 Å². The summed E-state index contributed by atoms with van der Waals surface area (Å²) in [6, 6.07) is 7.33. The molecule has 0 aromatic heterocycles. The number of carbonyl (C=O) groups excluding carboxylic acids is 2. The third-order valence-corrected chi connectivity index (χ3v) is 6.07. The number of aromatic hydroxyl groups is 1. The van der Waals surface area contributed by atoms with Crippen molar-refractivity contribution in [3.05, 3.63) is 55.6 Å². The molecule has 0 unspecified atom stereocenters. The van der Waals surface area contributed by atoms with Gasteiger partial charge in [-0.1, -0.05) is 11.6 Å². The van der Waals surface area contributed by atoms with Crippen LogP contribution in [0.5, 0.6) is 11.5 Å². The van der Waals surface area contributed by atoms with Crippen LogP contribution in [-0.4, -0.2) is 24.2 Å². The Morgan fingerprint density at radius 1 is 1.19 bits per heavy atom. The Balaban J connectivity index is 2.01. The molecule has 2 aromatic carbocycles. The van der Waals surface area contributed by atoms with E-state index in [1.165, 1.54) is 13.2 Å². The van der Waals surface area contributed by atoms with Crippen molar-refractivity contribution in [2.45, 2.75) is 0 Å². The molecule has 6 nitrogen and oxygen atoms in total. The first-order chi connectivity index (χ1) is 12.3. The van der Waals surface area contributed by atoms with E-state index in [-0.39, 0.29) is 17.2 Å². The second kappa shape index (κ2) is 7.30. The summed E-state index contributed by atoms with van der Waals surface area (Å²) < 4.78 is 5.99. The molecule has 3 amide bonds. The molecule has 0 aliphatic carbocycles. The van der Waals surface area contributed by atoms with Crippen LogP contribution in [-0.2, 0) is 4.79 Å². The minimum absolute atomic E-state index is 0.0777. The Morgan fingerprint density at radius 3 is 2.46 bits per heavy atom. The quantitative estimate of drug-likeness (QED) is 0.472. The summed E-state index contributed by atoms with van der Waals surface area (Å²) in [4.78, 5) is 25.9. The molecule has 0 spiro atoms. The maximum absolute atomic E-state index is 12.7. The van der Waals surface area contributed by atoms with Gasteiger partial charge in [0.25, 0.3) is 5.91 Å². The second-order valence-corrected chi connectivity index (χ2v) is 7.27. The van der Waals surface area contributed by atoms with Crippen LogP contribution in [0.2, 0.25) is 5.02 Å². The van der Waals surface area contributed by atoms with Gasteiger partial charge in [0.15, 0.2) is 11.5 Å². The van der Waals surface area contributed by atoms with E-state index in [1.807, 2.05) is 0 Å². The van der Waals surface area contributed by atoms with Crippen LogP contribution >= 0.6 is 43.5 Å². The number of benzene rings is 2. The first kappa shape index (κ1) is 18.8.